The number of rotatable bonds is 10. The highest BCUT2D eigenvalue weighted by Gasteiger charge is 2.40. The molecule has 0 N–H and O–H groups in total. The molecule has 0 bridgehead atoms. The molecule has 5 aromatic carbocycles. The first kappa shape index (κ1) is 35.9. The van der Waals surface area contributed by atoms with Gasteiger partial charge in [0.1, 0.15) is 27.6 Å². The third-order valence-electron chi connectivity index (χ3n) is 11.0. The van der Waals surface area contributed by atoms with Crippen LogP contribution >= 0.6 is 11.3 Å². The fraction of sp³-hybridized carbons (Fsp3) is 0.152. The topological polar surface area (TPSA) is 81.0 Å². The molecule has 9 rings (SSSR count). The Kier molecular flexibility index (Phi) is 9.41. The van der Waals surface area contributed by atoms with E-state index in [-0.39, 0.29) is 11.9 Å². The maximum Gasteiger partial charge on any atom is 0.252 e. The molecule has 0 saturated heterocycles. The number of fused-ring (bicyclic) bond motifs is 1. The standard InChI is InChI=1S/C46H38FN5O2S2/c1-51(38-19-11-12-20-38)56(53,54)43-28-27-42(55-43)45-39-29-33(23-26-41(39)48-31-49-45)40-30-52(50-44(40)32-21-24-37(47)25-22-32)46(34-13-5-2-6-14-34,35-15-7-3-8-16-35)36-17-9-4-10-18-36/h2-10,13-18,21-31,38H,11-12,19-20H2,1H3. The van der Waals surface area contributed by atoms with Crippen molar-refractivity contribution < 1.29 is 12.8 Å². The number of thiophene rings is 1. The Morgan fingerprint density at radius 1 is 0.714 bits per heavy atom. The zero-order chi connectivity index (χ0) is 38.3. The molecule has 0 spiro atoms. The average Bonchev–Trinajstić information content (AvgIpc) is 4.05. The summed E-state index contributed by atoms with van der Waals surface area (Å²) >= 11 is 1.23. The first-order valence-electron chi connectivity index (χ1n) is 18.7. The Morgan fingerprint density at radius 3 is 1.91 bits per heavy atom. The summed E-state index contributed by atoms with van der Waals surface area (Å²) in [6.07, 6.45) is 7.45. The summed E-state index contributed by atoms with van der Waals surface area (Å²) in [6, 6.07) is 47.0. The van der Waals surface area contributed by atoms with Gasteiger partial charge >= 0.3 is 0 Å². The molecule has 0 radical (unpaired) electrons. The molecule has 56 heavy (non-hydrogen) atoms. The van der Waals surface area contributed by atoms with Crippen LogP contribution in [0.15, 0.2) is 162 Å². The summed E-state index contributed by atoms with van der Waals surface area (Å²) in [5.41, 5.74) is 6.67. The molecule has 0 aliphatic heterocycles. The van der Waals surface area contributed by atoms with E-state index in [0.717, 1.165) is 74.8 Å². The molecule has 1 aliphatic carbocycles. The lowest BCUT2D eigenvalue weighted by Gasteiger charge is -2.36. The number of hydrogen-bond donors (Lipinski definition) is 0. The molecule has 7 nitrogen and oxygen atoms in total. The Morgan fingerprint density at radius 2 is 1.30 bits per heavy atom. The van der Waals surface area contributed by atoms with Crippen LogP contribution in [0.25, 0.3) is 43.9 Å². The lowest BCUT2D eigenvalue weighted by Crippen LogP contribution is -2.38. The van der Waals surface area contributed by atoms with E-state index in [0.29, 0.717) is 15.6 Å². The lowest BCUT2D eigenvalue weighted by molar-refractivity contribution is 0.374. The van der Waals surface area contributed by atoms with Gasteiger partial charge in [-0.15, -0.1) is 11.3 Å². The summed E-state index contributed by atoms with van der Waals surface area (Å²) in [5.74, 6) is -0.332. The monoisotopic (exact) mass is 775 g/mol. The van der Waals surface area contributed by atoms with Crippen LogP contribution in [0.3, 0.4) is 0 Å². The minimum atomic E-state index is -3.66. The van der Waals surface area contributed by atoms with Gasteiger partial charge in [0.2, 0.25) is 0 Å². The molecule has 1 fully saturated rings. The van der Waals surface area contributed by atoms with Gasteiger partial charge in [0, 0.05) is 35.8 Å². The first-order chi connectivity index (χ1) is 27.3. The van der Waals surface area contributed by atoms with Crippen molar-refractivity contribution in [3.8, 4) is 33.0 Å². The van der Waals surface area contributed by atoms with Gasteiger partial charge in [-0.05, 0) is 83.6 Å². The van der Waals surface area contributed by atoms with Crippen molar-refractivity contribution in [2.45, 2.75) is 41.5 Å². The van der Waals surface area contributed by atoms with E-state index in [2.05, 4.69) is 47.6 Å². The highest BCUT2D eigenvalue weighted by atomic mass is 32.2. The number of nitrogens with zero attached hydrogens (tertiary/aromatic N) is 5. The van der Waals surface area contributed by atoms with Gasteiger partial charge in [-0.2, -0.15) is 9.40 Å². The van der Waals surface area contributed by atoms with E-state index < -0.39 is 15.6 Å². The molecule has 0 unspecified atom stereocenters. The van der Waals surface area contributed by atoms with Gasteiger partial charge < -0.3 is 0 Å². The van der Waals surface area contributed by atoms with Crippen molar-refractivity contribution >= 4 is 32.3 Å². The van der Waals surface area contributed by atoms with E-state index in [9.17, 15) is 12.8 Å². The molecule has 278 valence electrons. The predicted octanol–water partition coefficient (Wildman–Crippen LogP) is 10.4. The molecule has 0 atom stereocenters. The van der Waals surface area contributed by atoms with Crippen molar-refractivity contribution in [3.05, 3.63) is 181 Å². The van der Waals surface area contributed by atoms with E-state index in [1.807, 2.05) is 83.5 Å². The molecule has 3 heterocycles. The van der Waals surface area contributed by atoms with E-state index >= 15 is 0 Å². The van der Waals surface area contributed by atoms with Gasteiger partial charge in [0.25, 0.3) is 10.0 Å². The number of halogens is 1. The van der Waals surface area contributed by atoms with Crippen molar-refractivity contribution in [1.29, 1.82) is 0 Å². The third kappa shape index (κ3) is 6.24. The van der Waals surface area contributed by atoms with Gasteiger partial charge in [0.05, 0.1) is 16.1 Å². The second-order valence-electron chi connectivity index (χ2n) is 14.2. The Bertz CT molecular complexity index is 2650. The van der Waals surface area contributed by atoms with Crippen molar-refractivity contribution in [2.75, 3.05) is 7.05 Å². The molecule has 1 saturated carbocycles. The Balaban J connectivity index is 1.24. The Hall–Kier alpha value is -5.81. The van der Waals surface area contributed by atoms with Crippen LogP contribution in [0.4, 0.5) is 4.39 Å². The van der Waals surface area contributed by atoms with Gasteiger partial charge in [-0.1, -0.05) is 110 Å². The number of benzene rings is 5. The van der Waals surface area contributed by atoms with Crippen LogP contribution < -0.4 is 0 Å². The number of aromatic nitrogens is 4. The van der Waals surface area contributed by atoms with Crippen LogP contribution in [-0.2, 0) is 15.6 Å². The fourth-order valence-electron chi connectivity index (χ4n) is 8.13. The zero-order valence-electron chi connectivity index (χ0n) is 30.7. The summed E-state index contributed by atoms with van der Waals surface area (Å²) in [6.45, 7) is 0. The van der Waals surface area contributed by atoms with Crippen molar-refractivity contribution in [2.24, 2.45) is 0 Å². The van der Waals surface area contributed by atoms with E-state index in [1.54, 1.807) is 29.6 Å². The minimum Gasteiger partial charge on any atom is -0.252 e. The molecular formula is C46H38FN5O2S2. The van der Waals surface area contributed by atoms with Crippen LogP contribution in [0, 0.1) is 5.82 Å². The lowest BCUT2D eigenvalue weighted by atomic mass is 9.77. The van der Waals surface area contributed by atoms with Crippen molar-refractivity contribution in [1.82, 2.24) is 24.1 Å². The zero-order valence-corrected chi connectivity index (χ0v) is 32.3. The molecule has 8 aromatic rings. The predicted molar refractivity (Wildman–Crippen MR) is 221 cm³/mol. The van der Waals surface area contributed by atoms with Crippen LogP contribution in [0.2, 0.25) is 0 Å². The first-order valence-corrected chi connectivity index (χ1v) is 21.0. The Labute approximate surface area is 329 Å². The van der Waals surface area contributed by atoms with Crippen LogP contribution in [0.5, 0.6) is 0 Å². The van der Waals surface area contributed by atoms with E-state index in [4.69, 9.17) is 10.1 Å². The van der Waals surface area contributed by atoms with Crippen LogP contribution in [0.1, 0.15) is 42.4 Å². The van der Waals surface area contributed by atoms with Gasteiger partial charge in [-0.25, -0.2) is 22.8 Å². The normalized spacial score (nSPS) is 13.8. The summed E-state index contributed by atoms with van der Waals surface area (Å²) in [5, 5.41) is 6.20. The van der Waals surface area contributed by atoms with Gasteiger partial charge in [-0.3, -0.25) is 4.68 Å². The highest BCUT2D eigenvalue weighted by molar-refractivity contribution is 7.91. The molecular weight excluding hydrogens is 738 g/mol. The van der Waals surface area contributed by atoms with E-state index in [1.165, 1.54) is 29.8 Å². The second kappa shape index (κ2) is 14.7. The molecule has 0 amide bonds. The largest absolute Gasteiger partial charge is 0.252 e. The minimum absolute atomic E-state index is 0.0219. The maximum atomic E-state index is 14.4. The molecule has 1 aliphatic rings. The second-order valence-corrected chi connectivity index (χ2v) is 17.5. The smallest absolute Gasteiger partial charge is 0.252 e. The third-order valence-corrected chi connectivity index (χ3v) is 14.5. The summed E-state index contributed by atoms with van der Waals surface area (Å²) in [7, 11) is -1.97. The quantitative estimate of drug-likeness (QED) is 0.129. The highest BCUT2D eigenvalue weighted by Crippen LogP contribution is 2.44. The van der Waals surface area contributed by atoms with Crippen LogP contribution in [-0.4, -0.2) is 45.6 Å². The molecule has 10 heteroatoms. The average molecular weight is 776 g/mol. The van der Waals surface area contributed by atoms with Crippen molar-refractivity contribution in [3.63, 3.8) is 0 Å². The van der Waals surface area contributed by atoms with Gasteiger partial charge in [0.15, 0.2) is 0 Å². The number of sulfonamides is 1. The SMILES string of the molecule is CN(C1CCCC1)S(=O)(=O)c1ccc(-c2ncnc3ccc(-c4cn(C(c5ccccc5)(c5ccccc5)c5ccccc5)nc4-c4ccc(F)cc4)cc23)s1. The summed E-state index contributed by atoms with van der Waals surface area (Å²) in [4.78, 5) is 10.0. The summed E-state index contributed by atoms with van der Waals surface area (Å²) < 4.78 is 45.7. The maximum absolute atomic E-state index is 14.4. The molecule has 3 aromatic heterocycles. The number of hydrogen-bond acceptors (Lipinski definition) is 6. The fourth-order valence-corrected chi connectivity index (χ4v) is 11.0.